The normalized spacial score (nSPS) is 19.5. The van der Waals surface area contributed by atoms with E-state index >= 15 is 0 Å². The largest absolute Gasteiger partial charge is 0.378 e. The van der Waals surface area contributed by atoms with Gasteiger partial charge in [0.15, 0.2) is 0 Å². The number of nitrogens with two attached hydrogens (primary N) is 1. The van der Waals surface area contributed by atoms with Crippen LogP contribution in [0.25, 0.3) is 0 Å². The number of carbonyl (C=O) groups is 2. The van der Waals surface area contributed by atoms with Crippen molar-refractivity contribution in [3.8, 4) is 0 Å². The van der Waals surface area contributed by atoms with Crippen molar-refractivity contribution in [3.05, 3.63) is 54.1 Å². The first-order valence-corrected chi connectivity index (χ1v) is 9.74. The Bertz CT molecular complexity index is 848. The van der Waals surface area contributed by atoms with Crippen LogP contribution in [0.5, 0.6) is 0 Å². The van der Waals surface area contributed by atoms with Crippen LogP contribution in [0.2, 0.25) is 0 Å². The van der Waals surface area contributed by atoms with E-state index in [9.17, 15) is 9.59 Å². The molecular formula is C22H28N4O2. The maximum Gasteiger partial charge on any atom is 0.240 e. The second-order valence-corrected chi connectivity index (χ2v) is 7.31. The van der Waals surface area contributed by atoms with Crippen molar-refractivity contribution in [1.82, 2.24) is 0 Å². The summed E-state index contributed by atoms with van der Waals surface area (Å²) in [6.45, 7) is 5.64. The lowest BCUT2D eigenvalue weighted by Crippen LogP contribution is -2.44. The van der Waals surface area contributed by atoms with E-state index in [0.717, 1.165) is 23.4 Å². The lowest BCUT2D eigenvalue weighted by atomic mass is 9.91. The van der Waals surface area contributed by atoms with Crippen LogP contribution in [0, 0.1) is 0 Å². The Kier molecular flexibility index (Phi) is 5.99. The van der Waals surface area contributed by atoms with Crippen LogP contribution in [0.1, 0.15) is 45.2 Å². The van der Waals surface area contributed by atoms with Crippen molar-refractivity contribution in [2.45, 2.75) is 51.7 Å². The summed E-state index contributed by atoms with van der Waals surface area (Å²) in [4.78, 5) is 26.1. The topological polar surface area (TPSA) is 87.5 Å². The summed E-state index contributed by atoms with van der Waals surface area (Å²) in [5.74, 6) is -0.0657. The van der Waals surface area contributed by atoms with Gasteiger partial charge < -0.3 is 21.3 Å². The molecule has 6 heteroatoms. The zero-order valence-corrected chi connectivity index (χ0v) is 16.6. The maximum atomic E-state index is 12.4. The van der Waals surface area contributed by atoms with Gasteiger partial charge in [-0.25, -0.2) is 0 Å². The fraction of sp³-hybridized carbons (Fsp3) is 0.364. The van der Waals surface area contributed by atoms with E-state index in [1.807, 2.05) is 54.3 Å². The second-order valence-electron chi connectivity index (χ2n) is 7.31. The standard InChI is InChI=1S/C22H28N4O2/c1-4-21(27)26-14(2)13-19(18-7-5-6-8-20(18)26)24-16-9-11-17(12-10-16)25-22(28)15(3)23/h5-12,14-15,19,24H,4,13,23H2,1-3H3,(H,25,28)/t14-,15+,19+/m0/s1. The summed E-state index contributed by atoms with van der Waals surface area (Å²) in [5, 5.41) is 6.36. The molecule has 3 rings (SSSR count). The van der Waals surface area contributed by atoms with Crippen molar-refractivity contribution in [2.75, 3.05) is 15.5 Å². The Hall–Kier alpha value is -2.86. The Morgan fingerprint density at radius 1 is 1.14 bits per heavy atom. The lowest BCUT2D eigenvalue weighted by Gasteiger charge is -2.40. The van der Waals surface area contributed by atoms with E-state index in [1.54, 1.807) is 6.92 Å². The van der Waals surface area contributed by atoms with Crippen LogP contribution in [-0.2, 0) is 9.59 Å². The number of para-hydroxylation sites is 1. The molecule has 2 aromatic rings. The zero-order valence-electron chi connectivity index (χ0n) is 16.6. The number of nitrogens with zero attached hydrogens (tertiary/aromatic N) is 1. The summed E-state index contributed by atoms with van der Waals surface area (Å²) in [5.41, 5.74) is 9.36. The van der Waals surface area contributed by atoms with Gasteiger partial charge in [0.1, 0.15) is 0 Å². The number of carbonyl (C=O) groups excluding carboxylic acids is 2. The molecule has 0 unspecified atom stereocenters. The summed E-state index contributed by atoms with van der Waals surface area (Å²) >= 11 is 0. The van der Waals surface area contributed by atoms with Gasteiger partial charge in [-0.05, 0) is 56.2 Å². The van der Waals surface area contributed by atoms with Crippen molar-refractivity contribution in [3.63, 3.8) is 0 Å². The minimum atomic E-state index is -0.549. The first kappa shape index (κ1) is 19.9. The number of hydrogen-bond acceptors (Lipinski definition) is 4. The van der Waals surface area contributed by atoms with Crippen LogP contribution in [0.15, 0.2) is 48.5 Å². The highest BCUT2D eigenvalue weighted by Crippen LogP contribution is 2.39. The molecule has 0 saturated heterocycles. The lowest BCUT2D eigenvalue weighted by molar-refractivity contribution is -0.119. The molecule has 2 amide bonds. The number of fused-ring (bicyclic) bond motifs is 1. The van der Waals surface area contributed by atoms with Crippen LogP contribution >= 0.6 is 0 Å². The molecule has 0 bridgehead atoms. The zero-order chi connectivity index (χ0) is 20.3. The summed E-state index contributed by atoms with van der Waals surface area (Å²) in [6, 6.07) is 15.3. The van der Waals surface area contributed by atoms with Gasteiger partial charge in [0, 0.05) is 29.5 Å². The predicted octanol–water partition coefficient (Wildman–Crippen LogP) is 3.66. The average Bonchev–Trinajstić information content (AvgIpc) is 2.69. The third kappa shape index (κ3) is 4.17. The molecule has 6 nitrogen and oxygen atoms in total. The van der Waals surface area contributed by atoms with Crippen molar-refractivity contribution < 1.29 is 9.59 Å². The van der Waals surface area contributed by atoms with Gasteiger partial charge in [-0.3, -0.25) is 9.59 Å². The number of nitrogens with one attached hydrogen (secondary N) is 2. The average molecular weight is 380 g/mol. The fourth-order valence-electron chi connectivity index (χ4n) is 3.61. The monoisotopic (exact) mass is 380 g/mol. The number of anilines is 3. The Labute approximate surface area is 166 Å². The minimum absolute atomic E-state index is 0.108. The highest BCUT2D eigenvalue weighted by molar-refractivity contribution is 5.95. The molecule has 2 aromatic carbocycles. The van der Waals surface area contributed by atoms with E-state index in [-0.39, 0.29) is 23.9 Å². The Morgan fingerprint density at radius 2 is 1.79 bits per heavy atom. The van der Waals surface area contributed by atoms with Gasteiger partial charge in [-0.1, -0.05) is 25.1 Å². The smallest absolute Gasteiger partial charge is 0.240 e. The highest BCUT2D eigenvalue weighted by Gasteiger charge is 2.32. The molecule has 0 aliphatic carbocycles. The van der Waals surface area contributed by atoms with Gasteiger partial charge in [0.05, 0.1) is 12.1 Å². The molecule has 0 saturated carbocycles. The van der Waals surface area contributed by atoms with Crippen molar-refractivity contribution in [1.29, 1.82) is 0 Å². The fourth-order valence-corrected chi connectivity index (χ4v) is 3.61. The van der Waals surface area contributed by atoms with Gasteiger partial charge >= 0.3 is 0 Å². The third-order valence-corrected chi connectivity index (χ3v) is 5.07. The molecule has 1 aliphatic rings. The van der Waals surface area contributed by atoms with E-state index < -0.39 is 6.04 Å². The summed E-state index contributed by atoms with van der Waals surface area (Å²) in [7, 11) is 0. The first-order chi connectivity index (χ1) is 13.4. The van der Waals surface area contributed by atoms with Crippen LogP contribution in [-0.4, -0.2) is 23.9 Å². The third-order valence-electron chi connectivity index (χ3n) is 5.07. The van der Waals surface area contributed by atoms with Crippen molar-refractivity contribution in [2.24, 2.45) is 5.73 Å². The molecule has 1 heterocycles. The van der Waals surface area contributed by atoms with E-state index in [2.05, 4.69) is 23.6 Å². The first-order valence-electron chi connectivity index (χ1n) is 9.74. The molecular weight excluding hydrogens is 352 g/mol. The van der Waals surface area contributed by atoms with Crippen LogP contribution < -0.4 is 21.3 Å². The molecule has 148 valence electrons. The predicted molar refractivity (Wildman–Crippen MR) is 113 cm³/mol. The molecule has 0 fully saturated rings. The SMILES string of the molecule is CCC(=O)N1c2ccccc2[C@H](Nc2ccc(NC(=O)[C@@H](C)N)cc2)C[C@@H]1C. The van der Waals surface area contributed by atoms with Gasteiger partial charge in [0.25, 0.3) is 0 Å². The van der Waals surface area contributed by atoms with Crippen LogP contribution in [0.4, 0.5) is 17.1 Å². The number of benzene rings is 2. The quantitative estimate of drug-likeness (QED) is 0.739. The molecule has 4 N–H and O–H groups in total. The second kappa shape index (κ2) is 8.44. The Morgan fingerprint density at radius 3 is 2.43 bits per heavy atom. The van der Waals surface area contributed by atoms with Crippen LogP contribution in [0.3, 0.4) is 0 Å². The molecule has 0 aromatic heterocycles. The van der Waals surface area contributed by atoms with Gasteiger partial charge in [0.2, 0.25) is 11.8 Å². The number of hydrogen-bond donors (Lipinski definition) is 3. The van der Waals surface area contributed by atoms with Crippen molar-refractivity contribution >= 4 is 28.9 Å². The molecule has 1 aliphatic heterocycles. The number of rotatable bonds is 5. The van der Waals surface area contributed by atoms with Gasteiger partial charge in [-0.2, -0.15) is 0 Å². The summed E-state index contributed by atoms with van der Waals surface area (Å²) in [6.07, 6.45) is 1.32. The Balaban J connectivity index is 1.79. The van der Waals surface area contributed by atoms with Gasteiger partial charge in [-0.15, -0.1) is 0 Å². The molecule has 28 heavy (non-hydrogen) atoms. The summed E-state index contributed by atoms with van der Waals surface area (Å²) < 4.78 is 0. The molecule has 3 atom stereocenters. The van der Waals surface area contributed by atoms with E-state index in [0.29, 0.717) is 12.1 Å². The highest BCUT2D eigenvalue weighted by atomic mass is 16.2. The molecule has 0 radical (unpaired) electrons. The van der Waals surface area contributed by atoms with E-state index in [4.69, 9.17) is 5.73 Å². The number of amides is 2. The molecule has 0 spiro atoms. The van der Waals surface area contributed by atoms with E-state index in [1.165, 1.54) is 0 Å². The maximum absolute atomic E-state index is 12.4. The minimum Gasteiger partial charge on any atom is -0.378 e.